The third-order valence-electron chi connectivity index (χ3n) is 6.29. The second-order valence-electron chi connectivity index (χ2n) is 9.03. The molecule has 0 aliphatic heterocycles. The predicted molar refractivity (Wildman–Crippen MR) is 129 cm³/mol. The molecule has 1 fully saturated rings. The minimum Gasteiger partial charge on any atom is -0.746 e. The second-order valence-corrected chi connectivity index (χ2v) is 10.5. The molecule has 37 heavy (non-hydrogen) atoms. The molecule has 194 valence electrons. The average molecular weight is 540 g/mol. The molecule has 3 rings (SSSR count). The maximum Gasteiger partial charge on any atom is 1.00 e. The summed E-state index contributed by atoms with van der Waals surface area (Å²) in [4.78, 5) is 37.9. The summed E-state index contributed by atoms with van der Waals surface area (Å²) in [6.07, 6.45) is 1.09. The number of ketones is 1. The third kappa shape index (κ3) is 9.96. The van der Waals surface area contributed by atoms with E-state index < -0.39 is 45.3 Å². The fourth-order valence-electron chi connectivity index (χ4n) is 4.35. The SMILES string of the molecule is O=C(C[C@@H](Cc1ccccc1)C(=O)N[C@@H](C[C@@H]1CCCC1=O)C(O)S(=O)(=O)[O-])OCc1ccccc1.[Na+]. The molecule has 11 heteroatoms. The Morgan fingerprint density at radius 1 is 1.05 bits per heavy atom. The molecule has 9 nitrogen and oxygen atoms in total. The van der Waals surface area contributed by atoms with Crippen molar-refractivity contribution < 1.29 is 66.8 Å². The fourth-order valence-corrected chi connectivity index (χ4v) is 4.93. The van der Waals surface area contributed by atoms with E-state index in [-0.39, 0.29) is 61.2 Å². The number of aliphatic hydroxyl groups is 1. The van der Waals surface area contributed by atoms with Crippen molar-refractivity contribution in [3.8, 4) is 0 Å². The summed E-state index contributed by atoms with van der Waals surface area (Å²) >= 11 is 0. The summed E-state index contributed by atoms with van der Waals surface area (Å²) in [7, 11) is -5.17. The Kier molecular flexibility index (Phi) is 12.4. The number of carbonyl (C=O) groups excluding carboxylic acids is 3. The molecular formula is C26H30NNaO8S. The van der Waals surface area contributed by atoms with Crippen molar-refractivity contribution in [2.24, 2.45) is 11.8 Å². The van der Waals surface area contributed by atoms with Crippen molar-refractivity contribution >= 4 is 27.8 Å². The van der Waals surface area contributed by atoms with E-state index in [0.29, 0.717) is 19.3 Å². The molecule has 0 radical (unpaired) electrons. The normalized spacial score (nSPS) is 17.8. The number of Topliss-reactive ketones (excluding diaryl/α,β-unsaturated/α-hetero) is 1. The summed E-state index contributed by atoms with van der Waals surface area (Å²) in [5, 5.41) is 12.6. The van der Waals surface area contributed by atoms with Gasteiger partial charge in [-0.15, -0.1) is 0 Å². The first-order chi connectivity index (χ1) is 17.1. The van der Waals surface area contributed by atoms with E-state index >= 15 is 0 Å². The maximum absolute atomic E-state index is 13.2. The van der Waals surface area contributed by atoms with Crippen LogP contribution in [0.5, 0.6) is 0 Å². The Hall–Kier alpha value is -2.08. The van der Waals surface area contributed by atoms with Gasteiger partial charge in [0.25, 0.3) is 0 Å². The van der Waals surface area contributed by atoms with Crippen molar-refractivity contribution in [2.45, 2.75) is 56.6 Å². The largest absolute Gasteiger partial charge is 1.00 e. The number of carbonyl (C=O) groups is 3. The molecule has 1 aliphatic rings. The summed E-state index contributed by atoms with van der Waals surface area (Å²) in [5.41, 5.74) is -0.884. The van der Waals surface area contributed by atoms with Gasteiger partial charge in [-0.3, -0.25) is 14.4 Å². The van der Waals surface area contributed by atoms with Gasteiger partial charge in [0.2, 0.25) is 5.91 Å². The van der Waals surface area contributed by atoms with Crippen LogP contribution in [0.4, 0.5) is 0 Å². The van der Waals surface area contributed by atoms with Crippen LogP contribution in [0.25, 0.3) is 0 Å². The number of aliphatic hydroxyl groups excluding tert-OH is 1. The first kappa shape index (κ1) is 31.1. The quantitative estimate of drug-likeness (QED) is 0.200. The zero-order valence-corrected chi connectivity index (χ0v) is 23.6. The zero-order valence-electron chi connectivity index (χ0n) is 20.7. The number of amides is 1. The van der Waals surface area contributed by atoms with Crippen LogP contribution in [-0.2, 0) is 42.3 Å². The number of rotatable bonds is 12. The van der Waals surface area contributed by atoms with Crippen LogP contribution >= 0.6 is 0 Å². The number of nitrogens with one attached hydrogen (secondary N) is 1. The molecule has 4 atom stereocenters. The van der Waals surface area contributed by atoms with E-state index in [1.165, 1.54) is 0 Å². The summed E-state index contributed by atoms with van der Waals surface area (Å²) in [5.74, 6) is -2.97. The van der Waals surface area contributed by atoms with E-state index in [2.05, 4.69) is 5.32 Å². The van der Waals surface area contributed by atoms with Crippen LogP contribution in [0.3, 0.4) is 0 Å². The van der Waals surface area contributed by atoms with Crippen LogP contribution in [0, 0.1) is 11.8 Å². The third-order valence-corrected chi connectivity index (χ3v) is 7.21. The molecule has 0 aromatic heterocycles. The van der Waals surface area contributed by atoms with Gasteiger partial charge in [-0.1, -0.05) is 60.7 Å². The Morgan fingerprint density at radius 2 is 1.65 bits per heavy atom. The molecule has 0 bridgehead atoms. The van der Waals surface area contributed by atoms with Crippen LogP contribution in [0.15, 0.2) is 60.7 Å². The Morgan fingerprint density at radius 3 is 2.19 bits per heavy atom. The topological polar surface area (TPSA) is 150 Å². The Bertz CT molecular complexity index is 1140. The molecule has 2 aromatic rings. The van der Waals surface area contributed by atoms with Gasteiger partial charge >= 0.3 is 35.5 Å². The van der Waals surface area contributed by atoms with E-state index in [1.807, 2.05) is 6.07 Å². The molecular weight excluding hydrogens is 509 g/mol. The zero-order chi connectivity index (χ0) is 26.1. The van der Waals surface area contributed by atoms with E-state index in [1.54, 1.807) is 54.6 Å². The number of hydrogen-bond donors (Lipinski definition) is 2. The minimum atomic E-state index is -5.17. The number of ether oxygens (including phenoxy) is 1. The van der Waals surface area contributed by atoms with E-state index in [0.717, 1.165) is 11.1 Å². The van der Waals surface area contributed by atoms with Crippen LogP contribution in [-0.4, -0.2) is 47.2 Å². The molecule has 0 saturated heterocycles. The van der Waals surface area contributed by atoms with Gasteiger partial charge < -0.3 is 19.7 Å². The van der Waals surface area contributed by atoms with Crippen molar-refractivity contribution in [3.63, 3.8) is 0 Å². The van der Waals surface area contributed by atoms with Crippen LogP contribution in [0.1, 0.15) is 43.2 Å². The summed E-state index contributed by atoms with van der Waals surface area (Å²) < 4.78 is 40.0. The molecule has 1 amide bonds. The van der Waals surface area contributed by atoms with Crippen LogP contribution < -0.4 is 34.9 Å². The van der Waals surface area contributed by atoms with Gasteiger partial charge in [0.15, 0.2) is 5.44 Å². The minimum absolute atomic E-state index is 0. The van der Waals surface area contributed by atoms with Crippen LogP contribution in [0.2, 0.25) is 0 Å². The van der Waals surface area contributed by atoms with Crippen molar-refractivity contribution in [2.75, 3.05) is 0 Å². The molecule has 1 saturated carbocycles. The number of esters is 1. The summed E-state index contributed by atoms with van der Waals surface area (Å²) in [6, 6.07) is 16.5. The molecule has 0 heterocycles. The smallest absolute Gasteiger partial charge is 0.746 e. The standard InChI is InChI=1S/C26H31NO8S.Na/c28-23-13-7-12-20(23)15-22(26(31)36(32,33)34)27-25(30)21(14-18-8-3-1-4-9-18)16-24(29)35-17-19-10-5-2-6-11-19;/h1-6,8-11,20-22,26,31H,7,12-17H2,(H,27,30)(H,32,33,34);/q;+1/p-1/t20-,21+,22-,26?;/m0./s1. The Labute approximate surface area is 239 Å². The molecule has 2 N–H and O–H groups in total. The van der Waals surface area contributed by atoms with Gasteiger partial charge in [0, 0.05) is 12.3 Å². The molecule has 0 spiro atoms. The van der Waals surface area contributed by atoms with Gasteiger partial charge in [-0.25, -0.2) is 8.42 Å². The Balaban J connectivity index is 0.00000481. The second kappa shape index (κ2) is 14.8. The predicted octanol–water partition coefficient (Wildman–Crippen LogP) is -0.909. The number of benzene rings is 2. The molecule has 2 aromatic carbocycles. The van der Waals surface area contributed by atoms with E-state index in [9.17, 15) is 32.5 Å². The van der Waals surface area contributed by atoms with Gasteiger partial charge in [-0.05, 0) is 36.8 Å². The van der Waals surface area contributed by atoms with Crippen molar-refractivity contribution in [3.05, 3.63) is 71.8 Å². The molecule has 1 aliphatic carbocycles. The van der Waals surface area contributed by atoms with Gasteiger partial charge in [0.1, 0.15) is 22.5 Å². The molecule has 1 unspecified atom stereocenters. The van der Waals surface area contributed by atoms with Gasteiger partial charge in [-0.2, -0.15) is 0 Å². The fraction of sp³-hybridized carbons (Fsp3) is 0.423. The first-order valence-corrected chi connectivity index (χ1v) is 13.3. The monoisotopic (exact) mass is 539 g/mol. The average Bonchev–Trinajstić information content (AvgIpc) is 3.26. The number of hydrogen-bond acceptors (Lipinski definition) is 8. The van der Waals surface area contributed by atoms with Crippen molar-refractivity contribution in [1.82, 2.24) is 5.32 Å². The van der Waals surface area contributed by atoms with Crippen molar-refractivity contribution in [1.29, 1.82) is 0 Å². The van der Waals surface area contributed by atoms with Gasteiger partial charge in [0.05, 0.1) is 18.4 Å². The first-order valence-electron chi connectivity index (χ1n) is 11.8. The van der Waals surface area contributed by atoms with E-state index in [4.69, 9.17) is 4.74 Å². The summed E-state index contributed by atoms with van der Waals surface area (Å²) in [6.45, 7) is 0.0267. The maximum atomic E-state index is 13.2.